The largest absolute Gasteiger partial charge is 0.493 e. The first kappa shape index (κ1) is 13.8. The summed E-state index contributed by atoms with van der Waals surface area (Å²) in [5.74, 6) is 0.324. The molecule has 0 aliphatic rings. The Morgan fingerprint density at radius 3 is 2.95 bits per heavy atom. The first-order valence-corrected chi connectivity index (χ1v) is 7.65. The lowest BCUT2D eigenvalue weighted by molar-refractivity contribution is 0.102. The number of hydrogen-bond acceptors (Lipinski definition) is 6. The summed E-state index contributed by atoms with van der Waals surface area (Å²) in [6, 6.07) is 7.12. The molecule has 0 fully saturated rings. The maximum absolute atomic E-state index is 12.1. The zero-order chi connectivity index (χ0) is 13.7. The van der Waals surface area contributed by atoms with Gasteiger partial charge >= 0.3 is 0 Å². The lowest BCUT2D eigenvalue weighted by Crippen LogP contribution is -2.13. The lowest BCUT2D eigenvalue weighted by atomic mass is 10.2. The van der Waals surface area contributed by atoms with E-state index in [1.165, 1.54) is 11.8 Å². The number of para-hydroxylation sites is 1. The van der Waals surface area contributed by atoms with E-state index in [0.29, 0.717) is 28.2 Å². The van der Waals surface area contributed by atoms with Crippen molar-refractivity contribution in [2.75, 3.05) is 18.2 Å². The maximum atomic E-state index is 12.1. The predicted molar refractivity (Wildman–Crippen MR) is 77.3 cm³/mol. The van der Waals surface area contributed by atoms with Crippen LogP contribution in [-0.4, -0.2) is 28.1 Å². The van der Waals surface area contributed by atoms with Crippen LogP contribution in [-0.2, 0) is 0 Å². The van der Waals surface area contributed by atoms with Crippen LogP contribution in [0.25, 0.3) is 0 Å². The molecule has 2 aromatic rings. The van der Waals surface area contributed by atoms with Gasteiger partial charge in [0.2, 0.25) is 10.3 Å². The fraction of sp³-hybridized carbons (Fsp3) is 0.250. The smallest absolute Gasteiger partial charge is 0.261 e. The van der Waals surface area contributed by atoms with Crippen molar-refractivity contribution < 1.29 is 9.53 Å². The van der Waals surface area contributed by atoms with Gasteiger partial charge in [-0.1, -0.05) is 23.9 Å². The van der Waals surface area contributed by atoms with Crippen LogP contribution in [0.3, 0.4) is 0 Å². The lowest BCUT2D eigenvalue weighted by Gasteiger charge is -2.08. The van der Waals surface area contributed by atoms with E-state index in [2.05, 4.69) is 14.7 Å². The summed E-state index contributed by atoms with van der Waals surface area (Å²) in [5, 5.41) is 3.86. The van der Waals surface area contributed by atoms with E-state index in [-0.39, 0.29) is 5.91 Å². The van der Waals surface area contributed by atoms with Crippen LogP contribution in [0.2, 0.25) is 0 Å². The van der Waals surface area contributed by atoms with Gasteiger partial charge in [0.1, 0.15) is 5.75 Å². The van der Waals surface area contributed by atoms with Crippen LogP contribution >= 0.6 is 23.3 Å². The SMILES string of the molecule is CCOc1ccccc1C(=O)Nc1nc(SC)ns1. The second-order valence-corrected chi connectivity index (χ2v) is 4.99. The molecule has 1 aromatic carbocycles. The molecule has 0 spiro atoms. The number of rotatable bonds is 5. The maximum Gasteiger partial charge on any atom is 0.261 e. The van der Waals surface area contributed by atoms with Gasteiger partial charge in [-0.05, 0) is 25.3 Å². The second kappa shape index (κ2) is 6.53. The molecule has 1 N–H and O–H groups in total. The minimum Gasteiger partial charge on any atom is -0.493 e. The fourth-order valence-corrected chi connectivity index (χ4v) is 2.57. The fourth-order valence-electron chi connectivity index (χ4n) is 1.44. The van der Waals surface area contributed by atoms with Gasteiger partial charge in [-0.15, -0.1) is 0 Å². The number of carbonyl (C=O) groups excluding carboxylic acids is 1. The van der Waals surface area contributed by atoms with Crippen LogP contribution in [0.1, 0.15) is 17.3 Å². The number of ether oxygens (including phenoxy) is 1. The number of anilines is 1. The topological polar surface area (TPSA) is 64.1 Å². The molecular weight excluding hydrogens is 282 g/mol. The molecule has 1 amide bonds. The van der Waals surface area contributed by atoms with Crippen molar-refractivity contribution in [2.24, 2.45) is 0 Å². The molecule has 0 bridgehead atoms. The van der Waals surface area contributed by atoms with Gasteiger partial charge in [0.05, 0.1) is 12.2 Å². The summed E-state index contributed by atoms with van der Waals surface area (Å²) in [4.78, 5) is 16.3. The number of aromatic nitrogens is 2. The molecule has 100 valence electrons. The number of amides is 1. The molecule has 0 unspecified atom stereocenters. The molecule has 19 heavy (non-hydrogen) atoms. The molecule has 0 saturated heterocycles. The molecule has 1 heterocycles. The third-order valence-electron chi connectivity index (χ3n) is 2.24. The van der Waals surface area contributed by atoms with Crippen molar-refractivity contribution in [1.29, 1.82) is 0 Å². The quantitative estimate of drug-likeness (QED) is 0.859. The Morgan fingerprint density at radius 2 is 2.26 bits per heavy atom. The molecule has 0 aliphatic carbocycles. The van der Waals surface area contributed by atoms with Gasteiger partial charge in [0.15, 0.2) is 0 Å². The van der Waals surface area contributed by atoms with Crippen LogP contribution in [0.15, 0.2) is 29.4 Å². The van der Waals surface area contributed by atoms with E-state index < -0.39 is 0 Å². The van der Waals surface area contributed by atoms with E-state index in [4.69, 9.17) is 4.74 Å². The number of nitrogens with one attached hydrogen (secondary N) is 1. The van der Waals surface area contributed by atoms with Crippen molar-refractivity contribution >= 4 is 34.3 Å². The molecule has 0 atom stereocenters. The van der Waals surface area contributed by atoms with Crippen molar-refractivity contribution in [3.8, 4) is 5.75 Å². The minimum absolute atomic E-state index is 0.243. The Morgan fingerprint density at radius 1 is 1.47 bits per heavy atom. The zero-order valence-corrected chi connectivity index (χ0v) is 12.2. The van der Waals surface area contributed by atoms with Crippen LogP contribution in [0, 0.1) is 0 Å². The van der Waals surface area contributed by atoms with E-state index in [1.54, 1.807) is 18.2 Å². The van der Waals surface area contributed by atoms with E-state index in [0.717, 1.165) is 11.5 Å². The Labute approximate surface area is 119 Å². The molecule has 0 aliphatic heterocycles. The molecule has 7 heteroatoms. The summed E-state index contributed by atoms with van der Waals surface area (Å²) in [6.45, 7) is 2.39. The summed E-state index contributed by atoms with van der Waals surface area (Å²) in [7, 11) is 0. The van der Waals surface area contributed by atoms with Gasteiger partial charge in [-0.3, -0.25) is 10.1 Å². The van der Waals surface area contributed by atoms with E-state index in [1.807, 2.05) is 19.2 Å². The van der Waals surface area contributed by atoms with E-state index >= 15 is 0 Å². The third kappa shape index (κ3) is 3.45. The Kier molecular flexibility index (Phi) is 4.75. The standard InChI is InChI=1S/C12H13N3O2S2/c1-3-17-9-7-5-4-6-8(9)10(16)13-11-14-12(18-2)15-19-11/h4-7H,3H2,1-2H3,(H,13,14,15,16). The molecule has 2 rings (SSSR count). The highest BCUT2D eigenvalue weighted by Crippen LogP contribution is 2.22. The Balaban J connectivity index is 2.15. The molecule has 0 saturated carbocycles. The number of thioether (sulfide) groups is 1. The van der Waals surface area contributed by atoms with Crippen molar-refractivity contribution in [2.45, 2.75) is 12.1 Å². The highest BCUT2D eigenvalue weighted by molar-refractivity contribution is 7.98. The average Bonchev–Trinajstić information content (AvgIpc) is 2.87. The number of hydrogen-bond donors (Lipinski definition) is 1. The van der Waals surface area contributed by atoms with Crippen LogP contribution < -0.4 is 10.1 Å². The van der Waals surface area contributed by atoms with E-state index in [9.17, 15) is 4.79 Å². The highest BCUT2D eigenvalue weighted by atomic mass is 32.2. The molecular formula is C12H13N3O2S2. The van der Waals surface area contributed by atoms with Crippen LogP contribution in [0.5, 0.6) is 5.75 Å². The Hall–Kier alpha value is -1.60. The molecule has 5 nitrogen and oxygen atoms in total. The average molecular weight is 295 g/mol. The van der Waals surface area contributed by atoms with Gasteiger partial charge in [-0.25, -0.2) is 0 Å². The third-order valence-corrected chi connectivity index (χ3v) is 3.54. The number of benzene rings is 1. The van der Waals surface area contributed by atoms with Gasteiger partial charge in [0, 0.05) is 11.5 Å². The van der Waals surface area contributed by atoms with Gasteiger partial charge in [0.25, 0.3) is 5.91 Å². The number of nitrogens with zero attached hydrogens (tertiary/aromatic N) is 2. The summed E-state index contributed by atoms with van der Waals surface area (Å²) in [5.41, 5.74) is 0.491. The summed E-state index contributed by atoms with van der Waals surface area (Å²) >= 11 is 2.60. The zero-order valence-electron chi connectivity index (χ0n) is 10.5. The molecule has 1 aromatic heterocycles. The normalized spacial score (nSPS) is 10.2. The first-order chi connectivity index (χ1) is 9.24. The van der Waals surface area contributed by atoms with Crippen molar-refractivity contribution in [1.82, 2.24) is 9.36 Å². The highest BCUT2D eigenvalue weighted by Gasteiger charge is 2.14. The Bertz CT molecular complexity index is 572. The second-order valence-electron chi connectivity index (χ2n) is 3.47. The van der Waals surface area contributed by atoms with Crippen molar-refractivity contribution in [3.63, 3.8) is 0 Å². The summed E-state index contributed by atoms with van der Waals surface area (Å²) in [6.07, 6.45) is 1.89. The van der Waals surface area contributed by atoms with Gasteiger partial charge < -0.3 is 4.74 Å². The first-order valence-electron chi connectivity index (χ1n) is 5.65. The summed E-state index contributed by atoms with van der Waals surface area (Å²) < 4.78 is 9.51. The molecule has 0 radical (unpaired) electrons. The van der Waals surface area contributed by atoms with Crippen molar-refractivity contribution in [3.05, 3.63) is 29.8 Å². The van der Waals surface area contributed by atoms with Crippen LogP contribution in [0.4, 0.5) is 5.13 Å². The van der Waals surface area contributed by atoms with Gasteiger partial charge in [-0.2, -0.15) is 9.36 Å². The predicted octanol–water partition coefficient (Wildman–Crippen LogP) is 2.91. The minimum atomic E-state index is -0.243. The monoisotopic (exact) mass is 295 g/mol. The number of carbonyl (C=O) groups is 1.